The van der Waals surface area contributed by atoms with Crippen molar-refractivity contribution < 1.29 is 14.7 Å². The van der Waals surface area contributed by atoms with E-state index in [1.54, 1.807) is 12.1 Å². The fourth-order valence-electron chi connectivity index (χ4n) is 4.57. The minimum absolute atomic E-state index is 0.0662. The number of carbonyl (C=O) groups is 2. The van der Waals surface area contributed by atoms with Crippen molar-refractivity contribution in [3.63, 3.8) is 0 Å². The molecule has 1 amide bonds. The van der Waals surface area contributed by atoms with Gasteiger partial charge in [-0.1, -0.05) is 33.8 Å². The number of anilines is 1. The number of benzene rings is 2. The van der Waals surface area contributed by atoms with Gasteiger partial charge in [-0.3, -0.25) is 4.79 Å². The summed E-state index contributed by atoms with van der Waals surface area (Å²) in [5, 5.41) is 9.06. The number of amides is 1. The molecule has 0 bridgehead atoms. The molecular weight excluding hydrogens is 350 g/mol. The van der Waals surface area contributed by atoms with E-state index in [2.05, 4.69) is 39.8 Å². The van der Waals surface area contributed by atoms with Crippen molar-refractivity contribution in [1.82, 2.24) is 0 Å². The normalized spacial score (nSPS) is 19.1. The summed E-state index contributed by atoms with van der Waals surface area (Å²) in [4.78, 5) is 26.0. The molecule has 1 aliphatic carbocycles. The Labute approximate surface area is 166 Å². The third kappa shape index (κ3) is 2.92. The van der Waals surface area contributed by atoms with E-state index in [9.17, 15) is 9.59 Å². The molecule has 0 atom stereocenters. The molecule has 0 saturated heterocycles. The SMILES string of the molecule is CC1(C)CCC(C)(C)c2cc3c(cc21)CCN3C(=O)c1ccc(C(=O)O)cc1. The van der Waals surface area contributed by atoms with Crippen molar-refractivity contribution in [1.29, 1.82) is 0 Å². The number of rotatable bonds is 2. The van der Waals surface area contributed by atoms with Crippen LogP contribution in [-0.2, 0) is 17.3 Å². The van der Waals surface area contributed by atoms with Crippen LogP contribution in [0.15, 0.2) is 36.4 Å². The van der Waals surface area contributed by atoms with Crippen LogP contribution in [0.4, 0.5) is 5.69 Å². The van der Waals surface area contributed by atoms with Crippen molar-refractivity contribution in [2.75, 3.05) is 11.4 Å². The van der Waals surface area contributed by atoms with Gasteiger partial charge in [-0.15, -0.1) is 0 Å². The number of fused-ring (bicyclic) bond motifs is 2. The molecule has 146 valence electrons. The average Bonchev–Trinajstić information content (AvgIpc) is 3.07. The Hall–Kier alpha value is -2.62. The smallest absolute Gasteiger partial charge is 0.335 e. The lowest BCUT2D eigenvalue weighted by Crippen LogP contribution is -2.34. The molecule has 0 unspecified atom stereocenters. The predicted molar refractivity (Wildman–Crippen MR) is 111 cm³/mol. The highest BCUT2D eigenvalue weighted by atomic mass is 16.4. The van der Waals surface area contributed by atoms with Gasteiger partial charge in [0, 0.05) is 17.8 Å². The van der Waals surface area contributed by atoms with Crippen molar-refractivity contribution in [2.45, 2.75) is 57.8 Å². The summed E-state index contributed by atoms with van der Waals surface area (Å²) in [5.74, 6) is -1.05. The quantitative estimate of drug-likeness (QED) is 0.807. The Morgan fingerprint density at radius 1 is 0.893 bits per heavy atom. The lowest BCUT2D eigenvalue weighted by Gasteiger charge is -2.42. The maximum absolute atomic E-state index is 13.1. The standard InChI is InChI=1S/C24H27NO3/c1-23(2)10-11-24(3,4)19-14-20-17(13-18(19)23)9-12-25(20)21(26)15-5-7-16(8-6-15)22(27)28/h5-8,13-14H,9-12H2,1-4H3,(H,27,28). The highest BCUT2D eigenvalue weighted by Gasteiger charge is 2.39. The first kappa shape index (κ1) is 18.7. The van der Waals surface area contributed by atoms with E-state index in [1.807, 2.05) is 4.90 Å². The molecule has 2 aromatic carbocycles. The highest BCUT2D eigenvalue weighted by Crippen LogP contribution is 2.48. The molecule has 4 nitrogen and oxygen atoms in total. The Morgan fingerprint density at radius 3 is 2.00 bits per heavy atom. The van der Waals surface area contributed by atoms with Crippen LogP contribution in [0.1, 0.15) is 77.9 Å². The van der Waals surface area contributed by atoms with E-state index in [4.69, 9.17) is 5.11 Å². The maximum atomic E-state index is 13.1. The zero-order valence-corrected chi connectivity index (χ0v) is 17.0. The Kier molecular flexibility index (Phi) is 4.14. The monoisotopic (exact) mass is 377 g/mol. The molecule has 4 rings (SSSR count). The van der Waals surface area contributed by atoms with Crippen LogP contribution in [0.3, 0.4) is 0 Å². The minimum Gasteiger partial charge on any atom is -0.478 e. The Bertz CT molecular complexity index is 970. The number of aromatic carboxylic acids is 1. The summed E-state index contributed by atoms with van der Waals surface area (Å²) in [6.45, 7) is 9.88. The van der Waals surface area contributed by atoms with Crippen LogP contribution in [0.2, 0.25) is 0 Å². The second-order valence-electron chi connectivity index (χ2n) is 9.38. The number of carbonyl (C=O) groups excluding carboxylic acids is 1. The van der Waals surface area contributed by atoms with Crippen molar-refractivity contribution >= 4 is 17.6 Å². The summed E-state index contributed by atoms with van der Waals surface area (Å²) < 4.78 is 0. The van der Waals surface area contributed by atoms with E-state index in [1.165, 1.54) is 35.2 Å². The zero-order chi connectivity index (χ0) is 20.3. The fraction of sp³-hybridized carbons (Fsp3) is 0.417. The van der Waals surface area contributed by atoms with Crippen LogP contribution >= 0.6 is 0 Å². The van der Waals surface area contributed by atoms with Crippen LogP contribution in [0, 0.1) is 0 Å². The van der Waals surface area contributed by atoms with Crippen LogP contribution in [0.5, 0.6) is 0 Å². The van der Waals surface area contributed by atoms with Gasteiger partial charge in [-0.25, -0.2) is 4.79 Å². The lowest BCUT2D eigenvalue weighted by molar-refractivity contribution is 0.0696. The topological polar surface area (TPSA) is 57.6 Å². The van der Waals surface area contributed by atoms with Crippen molar-refractivity contribution in [3.05, 3.63) is 64.2 Å². The molecule has 1 N–H and O–H groups in total. The number of carboxylic acid groups (broad SMARTS) is 1. The molecule has 1 aliphatic heterocycles. The maximum Gasteiger partial charge on any atom is 0.335 e. The van der Waals surface area contributed by atoms with Crippen LogP contribution in [-0.4, -0.2) is 23.5 Å². The fourth-order valence-corrected chi connectivity index (χ4v) is 4.57. The second-order valence-corrected chi connectivity index (χ2v) is 9.38. The average molecular weight is 377 g/mol. The molecule has 1 heterocycles. The molecule has 28 heavy (non-hydrogen) atoms. The molecule has 0 saturated carbocycles. The van der Waals surface area contributed by atoms with Crippen molar-refractivity contribution in [3.8, 4) is 0 Å². The van der Waals surface area contributed by atoms with Crippen LogP contribution in [0.25, 0.3) is 0 Å². The van der Waals surface area contributed by atoms with E-state index in [-0.39, 0.29) is 22.3 Å². The highest BCUT2D eigenvalue weighted by molar-refractivity contribution is 6.07. The van der Waals surface area contributed by atoms with Gasteiger partial charge in [0.15, 0.2) is 0 Å². The first-order chi connectivity index (χ1) is 13.1. The van der Waals surface area contributed by atoms with E-state index < -0.39 is 5.97 Å². The second kappa shape index (κ2) is 6.20. The lowest BCUT2D eigenvalue weighted by atomic mass is 9.63. The third-order valence-electron chi connectivity index (χ3n) is 6.57. The summed E-state index contributed by atoms with van der Waals surface area (Å²) >= 11 is 0. The predicted octanol–water partition coefficient (Wildman–Crippen LogP) is 4.94. The molecule has 0 spiro atoms. The van der Waals surface area contributed by atoms with Crippen molar-refractivity contribution in [2.24, 2.45) is 0 Å². The largest absolute Gasteiger partial charge is 0.478 e. The molecule has 0 aromatic heterocycles. The summed E-state index contributed by atoms with van der Waals surface area (Å²) in [6, 6.07) is 10.8. The Balaban J connectivity index is 1.73. The number of hydrogen-bond acceptors (Lipinski definition) is 2. The van der Waals surface area contributed by atoms with Gasteiger partial charge in [0.05, 0.1) is 5.56 Å². The van der Waals surface area contributed by atoms with Gasteiger partial charge in [-0.05, 0) is 77.1 Å². The number of nitrogens with zero attached hydrogens (tertiary/aromatic N) is 1. The summed E-state index contributed by atoms with van der Waals surface area (Å²) in [7, 11) is 0. The summed E-state index contributed by atoms with van der Waals surface area (Å²) in [6.07, 6.45) is 3.17. The van der Waals surface area contributed by atoms with Gasteiger partial charge in [0.1, 0.15) is 0 Å². The Morgan fingerprint density at radius 2 is 1.43 bits per heavy atom. The van der Waals surface area contributed by atoms with Gasteiger partial charge in [0.25, 0.3) is 5.91 Å². The molecule has 2 aliphatic rings. The minimum atomic E-state index is -0.984. The van der Waals surface area contributed by atoms with E-state index in [0.717, 1.165) is 18.5 Å². The molecule has 2 aromatic rings. The van der Waals surface area contributed by atoms with Gasteiger partial charge in [0.2, 0.25) is 0 Å². The third-order valence-corrected chi connectivity index (χ3v) is 6.57. The van der Waals surface area contributed by atoms with E-state index in [0.29, 0.717) is 12.1 Å². The van der Waals surface area contributed by atoms with Gasteiger partial charge < -0.3 is 10.0 Å². The number of carboxylic acids is 1. The van der Waals surface area contributed by atoms with E-state index >= 15 is 0 Å². The van der Waals surface area contributed by atoms with Gasteiger partial charge >= 0.3 is 5.97 Å². The summed E-state index contributed by atoms with van der Waals surface area (Å²) in [5.41, 5.74) is 5.99. The number of hydrogen-bond donors (Lipinski definition) is 1. The zero-order valence-electron chi connectivity index (χ0n) is 17.0. The van der Waals surface area contributed by atoms with Gasteiger partial charge in [-0.2, -0.15) is 0 Å². The molecular formula is C24H27NO3. The molecule has 0 fully saturated rings. The first-order valence-corrected chi connectivity index (χ1v) is 9.93. The van der Waals surface area contributed by atoms with Crippen LogP contribution < -0.4 is 4.90 Å². The first-order valence-electron chi connectivity index (χ1n) is 9.93. The molecule has 0 radical (unpaired) electrons. The molecule has 4 heteroatoms.